The van der Waals surface area contributed by atoms with Gasteiger partial charge in [-0.25, -0.2) is 0 Å². The minimum Gasteiger partial charge on any atom is -0.351 e. The summed E-state index contributed by atoms with van der Waals surface area (Å²) in [6.45, 7) is 1.62. The van der Waals surface area contributed by atoms with Crippen LogP contribution in [0.3, 0.4) is 0 Å². The molecule has 2 aromatic rings. The van der Waals surface area contributed by atoms with E-state index in [1.807, 2.05) is 30.3 Å². The second kappa shape index (κ2) is 5.22. The minimum absolute atomic E-state index is 0.0310. The predicted octanol–water partition coefficient (Wildman–Crippen LogP) is 1.39. The first kappa shape index (κ1) is 14.0. The smallest absolute Gasteiger partial charge is 0.270 e. The van der Waals surface area contributed by atoms with Crippen LogP contribution in [0.15, 0.2) is 30.3 Å². The van der Waals surface area contributed by atoms with Crippen LogP contribution in [0.25, 0.3) is 10.9 Å². The summed E-state index contributed by atoms with van der Waals surface area (Å²) in [5.74, 6) is -0.0170. The molecule has 0 radical (unpaired) electrons. The van der Waals surface area contributed by atoms with Crippen molar-refractivity contribution in [3.8, 4) is 0 Å². The SMILES string of the molecule is O=C(c1cc2ccccc2[nH]1)N1CC(CN2C(=O)CCC2=O)C1. The van der Waals surface area contributed by atoms with Gasteiger partial charge in [0.2, 0.25) is 11.8 Å². The Bertz CT molecular complexity index is 755. The van der Waals surface area contributed by atoms with Gasteiger partial charge in [-0.3, -0.25) is 19.3 Å². The fourth-order valence-corrected chi connectivity index (χ4v) is 3.29. The van der Waals surface area contributed by atoms with Crippen molar-refractivity contribution in [2.24, 2.45) is 5.92 Å². The van der Waals surface area contributed by atoms with E-state index in [-0.39, 0.29) is 23.6 Å². The molecule has 0 saturated carbocycles. The lowest BCUT2D eigenvalue weighted by atomic mass is 9.99. The maximum atomic E-state index is 12.5. The Kier molecular flexibility index (Phi) is 3.18. The highest BCUT2D eigenvalue weighted by Crippen LogP contribution is 2.23. The van der Waals surface area contributed by atoms with E-state index in [1.165, 1.54) is 4.90 Å². The molecule has 1 aromatic heterocycles. The number of carbonyl (C=O) groups is 3. The molecule has 3 amide bonds. The molecule has 3 heterocycles. The van der Waals surface area contributed by atoms with E-state index in [4.69, 9.17) is 0 Å². The van der Waals surface area contributed by atoms with Crippen molar-refractivity contribution in [2.75, 3.05) is 19.6 Å². The van der Waals surface area contributed by atoms with Gasteiger partial charge in [0.1, 0.15) is 5.69 Å². The summed E-state index contributed by atoms with van der Waals surface area (Å²) < 4.78 is 0. The standard InChI is InChI=1S/C17H17N3O3/c21-15-5-6-16(22)20(15)10-11-8-19(9-11)17(23)14-7-12-3-1-2-4-13(12)18-14/h1-4,7,11,18H,5-6,8-10H2. The van der Waals surface area contributed by atoms with Gasteiger partial charge in [-0.2, -0.15) is 0 Å². The zero-order valence-electron chi connectivity index (χ0n) is 12.6. The number of fused-ring (bicyclic) bond motifs is 1. The molecule has 23 heavy (non-hydrogen) atoms. The van der Waals surface area contributed by atoms with E-state index in [9.17, 15) is 14.4 Å². The van der Waals surface area contributed by atoms with E-state index >= 15 is 0 Å². The normalized spacial score (nSPS) is 18.8. The molecule has 2 fully saturated rings. The Balaban J connectivity index is 1.38. The molecule has 2 aliphatic rings. The quantitative estimate of drug-likeness (QED) is 0.871. The Morgan fingerprint density at radius 2 is 1.83 bits per heavy atom. The van der Waals surface area contributed by atoms with Crippen molar-refractivity contribution in [3.05, 3.63) is 36.0 Å². The number of nitrogens with zero attached hydrogens (tertiary/aromatic N) is 2. The summed E-state index contributed by atoms with van der Waals surface area (Å²) in [5.41, 5.74) is 1.53. The fraction of sp³-hybridized carbons (Fsp3) is 0.353. The predicted molar refractivity (Wildman–Crippen MR) is 83.6 cm³/mol. The van der Waals surface area contributed by atoms with Crippen LogP contribution in [0.4, 0.5) is 0 Å². The fourth-order valence-electron chi connectivity index (χ4n) is 3.29. The molecule has 1 N–H and O–H groups in total. The first-order valence-corrected chi connectivity index (χ1v) is 7.82. The number of carbonyl (C=O) groups excluding carboxylic acids is 3. The second-order valence-electron chi connectivity index (χ2n) is 6.24. The molecule has 4 rings (SSSR count). The summed E-state index contributed by atoms with van der Waals surface area (Å²) in [6, 6.07) is 9.63. The van der Waals surface area contributed by atoms with Gasteiger partial charge in [-0.05, 0) is 12.1 Å². The van der Waals surface area contributed by atoms with Crippen LogP contribution in [0, 0.1) is 5.92 Å². The van der Waals surface area contributed by atoms with Crippen LogP contribution in [0.2, 0.25) is 0 Å². The maximum absolute atomic E-state index is 12.5. The maximum Gasteiger partial charge on any atom is 0.270 e. The highest BCUT2D eigenvalue weighted by atomic mass is 16.2. The number of aromatic nitrogens is 1. The number of rotatable bonds is 3. The lowest BCUT2D eigenvalue weighted by molar-refractivity contribution is -0.139. The molecule has 2 aliphatic heterocycles. The summed E-state index contributed by atoms with van der Waals surface area (Å²) in [4.78, 5) is 41.9. The first-order chi connectivity index (χ1) is 11.1. The van der Waals surface area contributed by atoms with Crippen LogP contribution in [0.5, 0.6) is 0 Å². The van der Waals surface area contributed by atoms with E-state index in [0.717, 1.165) is 10.9 Å². The summed E-state index contributed by atoms with van der Waals surface area (Å²) in [5, 5.41) is 1.01. The first-order valence-electron chi connectivity index (χ1n) is 7.82. The summed E-state index contributed by atoms with van der Waals surface area (Å²) in [6.07, 6.45) is 0.645. The average molecular weight is 311 g/mol. The second-order valence-corrected chi connectivity index (χ2v) is 6.24. The molecule has 1 aromatic carbocycles. The lowest BCUT2D eigenvalue weighted by Crippen LogP contribution is -2.54. The van der Waals surface area contributed by atoms with Gasteiger partial charge in [0.05, 0.1) is 0 Å². The van der Waals surface area contributed by atoms with Crippen molar-refractivity contribution in [1.82, 2.24) is 14.8 Å². The number of para-hydroxylation sites is 1. The molecular weight excluding hydrogens is 294 g/mol. The molecule has 6 heteroatoms. The Hall–Kier alpha value is -2.63. The number of hydrogen-bond donors (Lipinski definition) is 1. The molecule has 118 valence electrons. The van der Waals surface area contributed by atoms with Gasteiger partial charge in [-0.15, -0.1) is 0 Å². The van der Waals surface area contributed by atoms with Gasteiger partial charge >= 0.3 is 0 Å². The van der Waals surface area contributed by atoms with Crippen LogP contribution in [-0.4, -0.2) is 52.1 Å². The van der Waals surface area contributed by atoms with E-state index in [1.54, 1.807) is 4.90 Å². The number of imide groups is 1. The molecule has 0 bridgehead atoms. The van der Waals surface area contributed by atoms with Crippen molar-refractivity contribution in [2.45, 2.75) is 12.8 Å². The molecular formula is C17H17N3O3. The van der Waals surface area contributed by atoms with Crippen LogP contribution in [-0.2, 0) is 9.59 Å². The Morgan fingerprint density at radius 3 is 2.52 bits per heavy atom. The van der Waals surface area contributed by atoms with Crippen LogP contribution < -0.4 is 0 Å². The monoisotopic (exact) mass is 311 g/mol. The minimum atomic E-state index is -0.0876. The highest BCUT2D eigenvalue weighted by molar-refractivity contribution is 6.02. The summed E-state index contributed by atoms with van der Waals surface area (Å²) in [7, 11) is 0. The lowest BCUT2D eigenvalue weighted by Gasteiger charge is -2.40. The van der Waals surface area contributed by atoms with Crippen LogP contribution in [0.1, 0.15) is 23.3 Å². The third kappa shape index (κ3) is 2.40. The summed E-state index contributed by atoms with van der Waals surface area (Å²) >= 11 is 0. The average Bonchev–Trinajstić information content (AvgIpc) is 3.07. The number of likely N-dealkylation sites (tertiary alicyclic amines) is 2. The molecule has 0 atom stereocenters. The van der Waals surface area contributed by atoms with Crippen LogP contribution >= 0.6 is 0 Å². The van der Waals surface area contributed by atoms with Crippen molar-refractivity contribution < 1.29 is 14.4 Å². The van der Waals surface area contributed by atoms with E-state index in [0.29, 0.717) is 38.2 Å². The molecule has 0 spiro atoms. The zero-order valence-corrected chi connectivity index (χ0v) is 12.6. The van der Waals surface area contributed by atoms with E-state index in [2.05, 4.69) is 4.98 Å². The molecule has 2 saturated heterocycles. The van der Waals surface area contributed by atoms with Gasteiger partial charge in [0.25, 0.3) is 5.91 Å². The van der Waals surface area contributed by atoms with Crippen molar-refractivity contribution >= 4 is 28.6 Å². The number of nitrogens with one attached hydrogen (secondary N) is 1. The molecule has 0 unspecified atom stereocenters. The number of hydrogen-bond acceptors (Lipinski definition) is 3. The molecule has 0 aliphatic carbocycles. The zero-order chi connectivity index (χ0) is 16.0. The molecule has 6 nitrogen and oxygen atoms in total. The number of benzene rings is 1. The van der Waals surface area contributed by atoms with E-state index < -0.39 is 0 Å². The Morgan fingerprint density at radius 1 is 1.13 bits per heavy atom. The van der Waals surface area contributed by atoms with Gasteiger partial charge in [-0.1, -0.05) is 18.2 Å². The third-order valence-electron chi connectivity index (χ3n) is 4.60. The number of aromatic amines is 1. The number of amides is 3. The van der Waals surface area contributed by atoms with Gasteiger partial charge < -0.3 is 9.88 Å². The third-order valence-corrected chi connectivity index (χ3v) is 4.60. The number of H-pyrrole nitrogens is 1. The van der Waals surface area contributed by atoms with Crippen molar-refractivity contribution in [1.29, 1.82) is 0 Å². The Labute approximate surface area is 133 Å². The van der Waals surface area contributed by atoms with Gasteiger partial charge in [0.15, 0.2) is 0 Å². The highest BCUT2D eigenvalue weighted by Gasteiger charge is 2.37. The topological polar surface area (TPSA) is 73.5 Å². The largest absolute Gasteiger partial charge is 0.351 e. The van der Waals surface area contributed by atoms with Gasteiger partial charge in [0, 0.05) is 49.3 Å². The van der Waals surface area contributed by atoms with Crippen molar-refractivity contribution in [3.63, 3.8) is 0 Å².